The maximum Gasteiger partial charge on any atom is 0.00414 e. The fourth-order valence-corrected chi connectivity index (χ4v) is 1.56. The first-order chi connectivity index (χ1) is 5.99. The molecule has 0 unspecified atom stereocenters. The van der Waals surface area contributed by atoms with Crippen LogP contribution in [0.2, 0.25) is 0 Å². The van der Waals surface area contributed by atoms with E-state index in [1.807, 2.05) is 0 Å². The van der Waals surface area contributed by atoms with Gasteiger partial charge in [0, 0.05) is 18.6 Å². The molecule has 0 aliphatic rings. The molecule has 0 saturated heterocycles. The van der Waals surface area contributed by atoms with Crippen molar-refractivity contribution >= 4 is 0 Å². The second-order valence-electron chi connectivity index (χ2n) is 4.31. The summed E-state index contributed by atoms with van der Waals surface area (Å²) in [7, 11) is 0. The highest BCUT2D eigenvalue weighted by molar-refractivity contribution is 4.96. The lowest BCUT2D eigenvalue weighted by Gasteiger charge is -2.30. The fraction of sp³-hybridized carbons (Fsp3) is 0.833. The smallest absolute Gasteiger partial charge is 0.00414 e. The highest BCUT2D eigenvalue weighted by Crippen LogP contribution is 2.09. The van der Waals surface area contributed by atoms with E-state index in [1.165, 1.54) is 18.5 Å². The van der Waals surface area contributed by atoms with Gasteiger partial charge in [-0.3, -0.25) is 4.90 Å². The lowest BCUT2D eigenvalue weighted by molar-refractivity contribution is 0.177. The molecule has 0 aliphatic carbocycles. The van der Waals surface area contributed by atoms with Crippen molar-refractivity contribution in [1.29, 1.82) is 0 Å². The molecule has 0 rings (SSSR count). The first-order valence-electron chi connectivity index (χ1n) is 5.36. The van der Waals surface area contributed by atoms with E-state index >= 15 is 0 Å². The molecule has 0 radical (unpaired) electrons. The third kappa shape index (κ3) is 5.09. The van der Waals surface area contributed by atoms with E-state index in [0.717, 1.165) is 0 Å². The van der Waals surface area contributed by atoms with Crippen molar-refractivity contribution in [1.82, 2.24) is 4.90 Å². The van der Waals surface area contributed by atoms with Gasteiger partial charge in [0.2, 0.25) is 0 Å². The Morgan fingerprint density at radius 2 is 1.62 bits per heavy atom. The van der Waals surface area contributed by atoms with Gasteiger partial charge >= 0.3 is 0 Å². The molecule has 0 aromatic carbocycles. The van der Waals surface area contributed by atoms with E-state index in [9.17, 15) is 0 Å². The number of rotatable bonds is 5. The van der Waals surface area contributed by atoms with Gasteiger partial charge in [-0.15, -0.1) is 0 Å². The lowest BCUT2D eigenvalue weighted by atomic mass is 10.1. The molecule has 0 bridgehead atoms. The number of hydrogen-bond acceptors (Lipinski definition) is 1. The normalized spacial score (nSPS) is 13.5. The van der Waals surface area contributed by atoms with Crippen LogP contribution in [0.15, 0.2) is 11.6 Å². The van der Waals surface area contributed by atoms with E-state index in [1.54, 1.807) is 0 Å². The van der Waals surface area contributed by atoms with Gasteiger partial charge in [0.15, 0.2) is 0 Å². The number of allylic oxidation sites excluding steroid dienone is 1. The largest absolute Gasteiger partial charge is 0.298 e. The van der Waals surface area contributed by atoms with Crippen LogP contribution in [0.3, 0.4) is 0 Å². The maximum atomic E-state index is 2.53. The topological polar surface area (TPSA) is 3.24 Å². The summed E-state index contributed by atoms with van der Waals surface area (Å²) in [5, 5.41) is 0. The highest BCUT2D eigenvalue weighted by Gasteiger charge is 2.12. The van der Waals surface area contributed by atoms with Gasteiger partial charge in [-0.1, -0.05) is 11.6 Å². The third-order valence-corrected chi connectivity index (χ3v) is 2.58. The summed E-state index contributed by atoms with van der Waals surface area (Å²) >= 11 is 0. The quantitative estimate of drug-likeness (QED) is 0.590. The minimum absolute atomic E-state index is 0.657. The minimum atomic E-state index is 0.657. The van der Waals surface area contributed by atoms with Gasteiger partial charge < -0.3 is 0 Å². The van der Waals surface area contributed by atoms with Crippen molar-refractivity contribution in [2.24, 2.45) is 0 Å². The van der Waals surface area contributed by atoms with Gasteiger partial charge in [-0.05, 0) is 48.0 Å². The van der Waals surface area contributed by atoms with Crippen LogP contribution >= 0.6 is 0 Å². The molecular weight excluding hydrogens is 158 g/mol. The molecule has 0 heterocycles. The zero-order valence-corrected chi connectivity index (χ0v) is 10.1. The summed E-state index contributed by atoms with van der Waals surface area (Å²) in [5.74, 6) is 0. The Labute approximate surface area is 83.8 Å². The van der Waals surface area contributed by atoms with Gasteiger partial charge in [0.05, 0.1) is 0 Å². The summed E-state index contributed by atoms with van der Waals surface area (Å²) < 4.78 is 0. The molecule has 13 heavy (non-hydrogen) atoms. The summed E-state index contributed by atoms with van der Waals surface area (Å²) in [5.41, 5.74) is 1.49. The SMILES string of the molecule is CC=C(C)CCN(C(C)C)C(C)C. The van der Waals surface area contributed by atoms with Gasteiger partial charge in [0.25, 0.3) is 0 Å². The van der Waals surface area contributed by atoms with Gasteiger partial charge in [-0.2, -0.15) is 0 Å². The van der Waals surface area contributed by atoms with Crippen LogP contribution in [0.1, 0.15) is 48.0 Å². The van der Waals surface area contributed by atoms with Crippen LogP contribution in [-0.4, -0.2) is 23.5 Å². The number of hydrogen-bond donors (Lipinski definition) is 0. The Kier molecular flexibility index (Phi) is 6.06. The average Bonchev–Trinajstić information content (AvgIpc) is 2.03. The summed E-state index contributed by atoms with van der Waals surface area (Å²) in [6.45, 7) is 14.6. The van der Waals surface area contributed by atoms with Crippen molar-refractivity contribution in [3.8, 4) is 0 Å². The van der Waals surface area contributed by atoms with Crippen molar-refractivity contribution in [3.63, 3.8) is 0 Å². The zero-order chi connectivity index (χ0) is 10.4. The van der Waals surface area contributed by atoms with E-state index in [2.05, 4.69) is 52.5 Å². The van der Waals surface area contributed by atoms with Crippen LogP contribution in [-0.2, 0) is 0 Å². The van der Waals surface area contributed by atoms with Gasteiger partial charge in [0.1, 0.15) is 0 Å². The molecule has 0 spiro atoms. The molecular formula is C12H25N. The summed E-state index contributed by atoms with van der Waals surface area (Å²) in [4.78, 5) is 2.53. The summed E-state index contributed by atoms with van der Waals surface area (Å²) in [6.07, 6.45) is 3.41. The van der Waals surface area contributed by atoms with E-state index < -0.39 is 0 Å². The Balaban J connectivity index is 3.97. The Bertz CT molecular complexity index is 149. The average molecular weight is 183 g/mol. The molecule has 1 nitrogen and oxygen atoms in total. The van der Waals surface area contributed by atoms with Gasteiger partial charge in [-0.25, -0.2) is 0 Å². The Morgan fingerprint density at radius 3 is 1.92 bits per heavy atom. The van der Waals surface area contributed by atoms with E-state index in [-0.39, 0.29) is 0 Å². The first kappa shape index (κ1) is 12.7. The molecule has 0 atom stereocenters. The molecule has 78 valence electrons. The Morgan fingerprint density at radius 1 is 1.15 bits per heavy atom. The van der Waals surface area contributed by atoms with Crippen molar-refractivity contribution < 1.29 is 0 Å². The molecule has 0 aromatic rings. The highest BCUT2D eigenvalue weighted by atomic mass is 15.2. The molecule has 0 amide bonds. The van der Waals surface area contributed by atoms with Crippen LogP contribution < -0.4 is 0 Å². The molecule has 0 saturated carbocycles. The van der Waals surface area contributed by atoms with Crippen LogP contribution in [0.4, 0.5) is 0 Å². The third-order valence-electron chi connectivity index (χ3n) is 2.58. The lowest BCUT2D eigenvalue weighted by Crippen LogP contribution is -2.37. The molecule has 0 aromatic heterocycles. The minimum Gasteiger partial charge on any atom is -0.298 e. The predicted octanol–water partition coefficient (Wildman–Crippen LogP) is 3.46. The van der Waals surface area contributed by atoms with Crippen LogP contribution in [0.25, 0.3) is 0 Å². The van der Waals surface area contributed by atoms with Crippen LogP contribution in [0, 0.1) is 0 Å². The Hall–Kier alpha value is -0.300. The summed E-state index contributed by atoms with van der Waals surface area (Å²) in [6, 6.07) is 1.31. The second-order valence-corrected chi connectivity index (χ2v) is 4.31. The first-order valence-corrected chi connectivity index (χ1v) is 5.36. The van der Waals surface area contributed by atoms with Crippen LogP contribution in [0.5, 0.6) is 0 Å². The fourth-order valence-electron chi connectivity index (χ4n) is 1.56. The second kappa shape index (κ2) is 6.20. The van der Waals surface area contributed by atoms with Crippen molar-refractivity contribution in [2.45, 2.75) is 60.0 Å². The van der Waals surface area contributed by atoms with E-state index in [0.29, 0.717) is 12.1 Å². The molecule has 1 heteroatoms. The molecule has 0 aliphatic heterocycles. The zero-order valence-electron chi connectivity index (χ0n) is 10.1. The van der Waals surface area contributed by atoms with Crippen molar-refractivity contribution in [2.75, 3.05) is 6.54 Å². The number of nitrogens with zero attached hydrogens (tertiary/aromatic N) is 1. The van der Waals surface area contributed by atoms with Crippen molar-refractivity contribution in [3.05, 3.63) is 11.6 Å². The maximum absolute atomic E-state index is 2.53. The standard InChI is InChI=1S/C12H25N/c1-7-12(6)8-9-13(10(2)3)11(4)5/h7,10-11H,8-9H2,1-6H3. The molecule has 0 N–H and O–H groups in total. The van der Waals surface area contributed by atoms with E-state index in [4.69, 9.17) is 0 Å². The molecule has 0 fully saturated rings. The monoisotopic (exact) mass is 183 g/mol. The predicted molar refractivity (Wildman–Crippen MR) is 61.0 cm³/mol.